The van der Waals surface area contributed by atoms with Gasteiger partial charge in [0, 0.05) is 17.8 Å². The van der Waals surface area contributed by atoms with Crippen LogP contribution in [0.4, 0.5) is 0 Å². The molecule has 0 aromatic heterocycles. The van der Waals surface area contributed by atoms with E-state index in [4.69, 9.17) is 18.9 Å². The molecule has 0 amide bonds. The number of methoxy groups -OCH3 is 3. The number of hydrogen-bond donors (Lipinski definition) is 1. The molecule has 2 rings (SSSR count). The predicted octanol–water partition coefficient (Wildman–Crippen LogP) is 3.83. The number of nitrogens with zero attached hydrogens (tertiary/aromatic N) is 1. The number of phenols is 1. The van der Waals surface area contributed by atoms with Crippen molar-refractivity contribution >= 4 is 6.21 Å². The fraction of sp³-hybridized carbons (Fsp3) is 0.350. The molecule has 0 saturated heterocycles. The topological polar surface area (TPSA) is 69.5 Å². The van der Waals surface area contributed by atoms with E-state index in [9.17, 15) is 5.11 Å². The molecule has 0 atom stereocenters. The Hall–Kier alpha value is -2.89. The van der Waals surface area contributed by atoms with Crippen molar-refractivity contribution in [2.24, 2.45) is 4.99 Å². The molecule has 6 heteroatoms. The molecule has 1 N–H and O–H groups in total. The van der Waals surface area contributed by atoms with Gasteiger partial charge in [-0.05, 0) is 36.2 Å². The van der Waals surface area contributed by atoms with Crippen LogP contribution >= 0.6 is 0 Å². The van der Waals surface area contributed by atoms with Crippen molar-refractivity contribution in [1.29, 1.82) is 0 Å². The molecular formula is C20H25NO5. The summed E-state index contributed by atoms with van der Waals surface area (Å²) in [7, 11) is 4.71. The quantitative estimate of drug-likeness (QED) is 0.689. The summed E-state index contributed by atoms with van der Waals surface area (Å²) in [6, 6.07) is 8.88. The minimum Gasteiger partial charge on any atom is -0.507 e. The fourth-order valence-corrected chi connectivity index (χ4v) is 2.42. The van der Waals surface area contributed by atoms with Gasteiger partial charge in [0.1, 0.15) is 11.5 Å². The molecule has 0 aliphatic heterocycles. The van der Waals surface area contributed by atoms with Crippen LogP contribution in [0.3, 0.4) is 0 Å². The molecule has 6 nitrogen and oxygen atoms in total. The molecule has 0 unspecified atom stereocenters. The number of hydrogen-bond acceptors (Lipinski definition) is 6. The smallest absolute Gasteiger partial charge is 0.203 e. The molecule has 0 saturated carbocycles. The number of phenolic OH excluding ortho intramolecular Hbond substituents is 1. The van der Waals surface area contributed by atoms with Crippen molar-refractivity contribution in [1.82, 2.24) is 0 Å². The Morgan fingerprint density at radius 3 is 2.23 bits per heavy atom. The van der Waals surface area contributed by atoms with Gasteiger partial charge < -0.3 is 24.1 Å². The summed E-state index contributed by atoms with van der Waals surface area (Å²) in [5.41, 5.74) is 1.53. The third kappa shape index (κ3) is 4.81. The Balaban J connectivity index is 2.13. The molecule has 2 aromatic carbocycles. The highest BCUT2D eigenvalue weighted by Crippen LogP contribution is 2.38. The molecule has 140 valence electrons. The first-order valence-corrected chi connectivity index (χ1v) is 8.37. The first-order valence-electron chi connectivity index (χ1n) is 8.37. The van der Waals surface area contributed by atoms with Crippen LogP contribution < -0.4 is 18.9 Å². The van der Waals surface area contributed by atoms with Crippen molar-refractivity contribution in [3.8, 4) is 28.7 Å². The summed E-state index contributed by atoms with van der Waals surface area (Å²) < 4.78 is 21.5. The van der Waals surface area contributed by atoms with Crippen molar-refractivity contribution < 1.29 is 24.1 Å². The van der Waals surface area contributed by atoms with Crippen LogP contribution in [-0.2, 0) is 6.54 Å². The highest BCUT2D eigenvalue weighted by molar-refractivity contribution is 5.83. The highest BCUT2D eigenvalue weighted by Gasteiger charge is 2.12. The Morgan fingerprint density at radius 1 is 1.00 bits per heavy atom. The maximum Gasteiger partial charge on any atom is 0.203 e. The molecule has 0 bridgehead atoms. The molecule has 0 heterocycles. The molecule has 0 aliphatic rings. The predicted molar refractivity (Wildman–Crippen MR) is 101 cm³/mol. The zero-order valence-corrected chi connectivity index (χ0v) is 15.6. The van der Waals surface area contributed by atoms with E-state index in [0.717, 1.165) is 12.0 Å². The Bertz CT molecular complexity index is 733. The van der Waals surface area contributed by atoms with Gasteiger partial charge in [-0.25, -0.2) is 0 Å². The summed E-state index contributed by atoms with van der Waals surface area (Å²) in [6.07, 6.45) is 2.54. The van der Waals surface area contributed by atoms with Gasteiger partial charge in [-0.3, -0.25) is 4.99 Å². The number of aromatic hydroxyl groups is 1. The van der Waals surface area contributed by atoms with Gasteiger partial charge >= 0.3 is 0 Å². The molecule has 2 aromatic rings. The van der Waals surface area contributed by atoms with Crippen LogP contribution in [0.15, 0.2) is 35.3 Å². The first kappa shape index (κ1) is 19.4. The van der Waals surface area contributed by atoms with Crippen LogP contribution in [0, 0.1) is 0 Å². The van der Waals surface area contributed by atoms with Crippen molar-refractivity contribution in [3.05, 3.63) is 41.5 Å². The molecular weight excluding hydrogens is 334 g/mol. The number of aliphatic imine (C=N–C) groups is 1. The van der Waals surface area contributed by atoms with E-state index >= 15 is 0 Å². The van der Waals surface area contributed by atoms with Crippen molar-refractivity contribution in [2.75, 3.05) is 27.9 Å². The van der Waals surface area contributed by atoms with Gasteiger partial charge in [0.15, 0.2) is 11.5 Å². The number of benzene rings is 2. The van der Waals surface area contributed by atoms with Crippen LogP contribution in [0.5, 0.6) is 28.7 Å². The largest absolute Gasteiger partial charge is 0.507 e. The Labute approximate surface area is 154 Å². The molecule has 26 heavy (non-hydrogen) atoms. The summed E-state index contributed by atoms with van der Waals surface area (Å²) in [5.74, 6) is 2.48. The lowest BCUT2D eigenvalue weighted by Gasteiger charge is -2.13. The fourth-order valence-electron chi connectivity index (χ4n) is 2.42. The summed E-state index contributed by atoms with van der Waals surface area (Å²) >= 11 is 0. The second-order valence-corrected chi connectivity index (χ2v) is 5.57. The van der Waals surface area contributed by atoms with E-state index in [-0.39, 0.29) is 5.75 Å². The SMILES string of the molecule is CCCOc1ccc(C=NCc2cc(OC)c(OC)c(OC)c2)c(O)c1. The van der Waals surface area contributed by atoms with Crippen molar-refractivity contribution in [3.63, 3.8) is 0 Å². The normalized spacial score (nSPS) is 10.8. The number of ether oxygens (including phenoxy) is 4. The molecule has 0 spiro atoms. The Morgan fingerprint density at radius 2 is 1.69 bits per heavy atom. The van der Waals surface area contributed by atoms with Gasteiger partial charge in [-0.15, -0.1) is 0 Å². The molecule has 0 radical (unpaired) electrons. The summed E-state index contributed by atoms with van der Waals surface area (Å²) in [6.45, 7) is 3.06. The third-order valence-corrected chi connectivity index (χ3v) is 3.70. The molecule has 0 aliphatic carbocycles. The van der Waals surface area contributed by atoms with Crippen LogP contribution in [-0.4, -0.2) is 39.3 Å². The standard InChI is InChI=1S/C20H25NO5/c1-5-8-26-16-7-6-15(17(22)11-16)13-21-12-14-9-18(23-2)20(25-4)19(10-14)24-3/h6-7,9-11,13,22H,5,8,12H2,1-4H3. The lowest BCUT2D eigenvalue weighted by Crippen LogP contribution is -1.97. The summed E-state index contributed by atoms with van der Waals surface area (Å²) in [4.78, 5) is 4.39. The van der Waals surface area contributed by atoms with E-state index in [1.807, 2.05) is 25.1 Å². The highest BCUT2D eigenvalue weighted by atomic mass is 16.5. The average Bonchev–Trinajstić information content (AvgIpc) is 2.66. The maximum absolute atomic E-state index is 10.1. The second-order valence-electron chi connectivity index (χ2n) is 5.57. The van der Waals surface area contributed by atoms with E-state index in [1.54, 1.807) is 39.7 Å². The third-order valence-electron chi connectivity index (χ3n) is 3.70. The van der Waals surface area contributed by atoms with E-state index in [2.05, 4.69) is 4.99 Å². The van der Waals surface area contributed by atoms with Gasteiger partial charge in [-0.1, -0.05) is 6.92 Å². The zero-order valence-electron chi connectivity index (χ0n) is 15.6. The molecule has 0 fully saturated rings. The minimum atomic E-state index is 0.132. The monoisotopic (exact) mass is 359 g/mol. The second kappa shape index (κ2) is 9.56. The Kier molecular flexibility index (Phi) is 7.14. The van der Waals surface area contributed by atoms with Crippen LogP contribution in [0.25, 0.3) is 0 Å². The summed E-state index contributed by atoms with van der Waals surface area (Å²) in [5, 5.41) is 10.1. The van der Waals surface area contributed by atoms with Gasteiger partial charge in [0.2, 0.25) is 5.75 Å². The van der Waals surface area contributed by atoms with E-state index in [1.165, 1.54) is 0 Å². The van der Waals surface area contributed by atoms with E-state index < -0.39 is 0 Å². The van der Waals surface area contributed by atoms with Crippen LogP contribution in [0.2, 0.25) is 0 Å². The first-order chi connectivity index (χ1) is 12.6. The maximum atomic E-state index is 10.1. The zero-order chi connectivity index (χ0) is 18.9. The van der Waals surface area contributed by atoms with Gasteiger partial charge in [-0.2, -0.15) is 0 Å². The van der Waals surface area contributed by atoms with Gasteiger partial charge in [0.25, 0.3) is 0 Å². The minimum absolute atomic E-state index is 0.132. The lowest BCUT2D eigenvalue weighted by molar-refractivity contribution is 0.315. The number of rotatable bonds is 9. The van der Waals surface area contributed by atoms with Crippen LogP contribution in [0.1, 0.15) is 24.5 Å². The van der Waals surface area contributed by atoms with E-state index in [0.29, 0.717) is 41.7 Å². The lowest BCUT2D eigenvalue weighted by atomic mass is 10.1. The van der Waals surface area contributed by atoms with Gasteiger partial charge in [0.05, 0.1) is 34.5 Å². The van der Waals surface area contributed by atoms with Crippen molar-refractivity contribution in [2.45, 2.75) is 19.9 Å². The average molecular weight is 359 g/mol.